The first-order chi connectivity index (χ1) is 10.9. The monoisotopic (exact) mass is 344 g/mol. The highest BCUT2D eigenvalue weighted by molar-refractivity contribution is 7.88. The van der Waals surface area contributed by atoms with Gasteiger partial charge in [0.25, 0.3) is 0 Å². The van der Waals surface area contributed by atoms with E-state index in [9.17, 15) is 18.0 Å². The number of hydrogen-bond donors (Lipinski definition) is 2. The molecule has 0 aliphatic rings. The quantitative estimate of drug-likeness (QED) is 0.683. The molecule has 0 spiro atoms. The maximum atomic E-state index is 11.8. The summed E-state index contributed by atoms with van der Waals surface area (Å²) in [5, 5.41) is 0. The SMILES string of the molecule is CCCC(NS(=O)(=O)NC(=O)OCc1ccccc1)C(=O)OC. The molecule has 1 rings (SSSR count). The van der Waals surface area contributed by atoms with E-state index in [1.54, 1.807) is 42.0 Å². The molecular formula is C14H20N2O6S. The average molecular weight is 344 g/mol. The molecule has 0 saturated heterocycles. The molecule has 0 radical (unpaired) electrons. The molecule has 1 aromatic rings. The van der Waals surface area contributed by atoms with E-state index < -0.39 is 28.3 Å². The topological polar surface area (TPSA) is 111 Å². The Hall–Kier alpha value is -2.13. The van der Waals surface area contributed by atoms with Crippen molar-refractivity contribution in [2.75, 3.05) is 7.11 Å². The zero-order valence-electron chi connectivity index (χ0n) is 12.9. The van der Waals surface area contributed by atoms with Crippen molar-refractivity contribution < 1.29 is 27.5 Å². The Morgan fingerprint density at radius 3 is 2.43 bits per heavy atom. The van der Waals surface area contributed by atoms with Crippen molar-refractivity contribution in [3.8, 4) is 0 Å². The van der Waals surface area contributed by atoms with E-state index in [0.29, 0.717) is 12.0 Å². The molecule has 0 aliphatic heterocycles. The van der Waals surface area contributed by atoms with Crippen molar-refractivity contribution in [3.63, 3.8) is 0 Å². The molecule has 2 N–H and O–H groups in total. The highest BCUT2D eigenvalue weighted by atomic mass is 32.2. The molecule has 0 saturated carbocycles. The minimum absolute atomic E-state index is 0.0718. The van der Waals surface area contributed by atoms with E-state index in [1.807, 2.05) is 0 Å². The van der Waals surface area contributed by atoms with Crippen molar-refractivity contribution in [2.45, 2.75) is 32.4 Å². The van der Waals surface area contributed by atoms with Gasteiger partial charge in [-0.1, -0.05) is 43.7 Å². The van der Waals surface area contributed by atoms with Crippen LogP contribution in [0.3, 0.4) is 0 Å². The third kappa shape index (κ3) is 7.11. The van der Waals surface area contributed by atoms with E-state index in [0.717, 1.165) is 7.11 Å². The fourth-order valence-electron chi connectivity index (χ4n) is 1.73. The first-order valence-corrected chi connectivity index (χ1v) is 8.45. The number of nitrogens with one attached hydrogen (secondary N) is 2. The van der Waals surface area contributed by atoms with Gasteiger partial charge in [0.1, 0.15) is 12.6 Å². The van der Waals surface area contributed by atoms with Crippen LogP contribution in [0.15, 0.2) is 30.3 Å². The van der Waals surface area contributed by atoms with Gasteiger partial charge in [-0.2, -0.15) is 13.1 Å². The van der Waals surface area contributed by atoms with Crippen LogP contribution in [0.2, 0.25) is 0 Å². The standard InChI is InChI=1S/C14H20N2O6S/c1-3-7-12(13(17)21-2)15-23(19,20)16-14(18)22-10-11-8-5-4-6-9-11/h4-6,8-9,12,15H,3,7,10H2,1-2H3,(H,16,18). The second-order valence-corrected chi connectivity index (χ2v) is 6.10. The molecule has 1 unspecified atom stereocenters. The van der Waals surface area contributed by atoms with Gasteiger partial charge in [-0.3, -0.25) is 4.79 Å². The number of amides is 1. The molecular weight excluding hydrogens is 324 g/mol. The first-order valence-electron chi connectivity index (χ1n) is 6.96. The van der Waals surface area contributed by atoms with E-state index in [-0.39, 0.29) is 13.0 Å². The molecule has 0 heterocycles. The van der Waals surface area contributed by atoms with E-state index in [4.69, 9.17) is 4.74 Å². The molecule has 23 heavy (non-hydrogen) atoms. The Morgan fingerprint density at radius 1 is 1.22 bits per heavy atom. The zero-order chi connectivity index (χ0) is 17.3. The van der Waals surface area contributed by atoms with Crippen LogP contribution < -0.4 is 9.44 Å². The number of methoxy groups -OCH3 is 1. The van der Waals surface area contributed by atoms with Crippen molar-refractivity contribution in [3.05, 3.63) is 35.9 Å². The molecule has 1 amide bonds. The maximum absolute atomic E-state index is 11.8. The zero-order valence-corrected chi connectivity index (χ0v) is 13.8. The fourth-order valence-corrected chi connectivity index (χ4v) is 2.66. The van der Waals surface area contributed by atoms with Crippen LogP contribution in [-0.4, -0.2) is 33.6 Å². The Labute approximate surface area is 135 Å². The Bertz CT molecular complexity index is 617. The van der Waals surface area contributed by atoms with Gasteiger partial charge in [0.05, 0.1) is 7.11 Å². The minimum atomic E-state index is -4.24. The molecule has 0 fully saturated rings. The van der Waals surface area contributed by atoms with Gasteiger partial charge in [0, 0.05) is 0 Å². The van der Waals surface area contributed by atoms with Crippen molar-refractivity contribution in [1.29, 1.82) is 0 Å². The molecule has 0 bridgehead atoms. The third-order valence-electron chi connectivity index (χ3n) is 2.79. The molecule has 1 aromatic carbocycles. The van der Waals surface area contributed by atoms with Gasteiger partial charge >= 0.3 is 22.3 Å². The van der Waals surface area contributed by atoms with Crippen LogP contribution in [0.5, 0.6) is 0 Å². The summed E-state index contributed by atoms with van der Waals surface area (Å²) in [5.41, 5.74) is 0.714. The van der Waals surface area contributed by atoms with Crippen molar-refractivity contribution >= 4 is 22.3 Å². The van der Waals surface area contributed by atoms with Crippen LogP contribution in [0, 0.1) is 0 Å². The number of carbonyl (C=O) groups excluding carboxylic acids is 2. The smallest absolute Gasteiger partial charge is 0.422 e. The lowest BCUT2D eigenvalue weighted by Gasteiger charge is -2.16. The predicted octanol–water partition coefficient (Wildman–Crippen LogP) is 1.09. The Morgan fingerprint density at radius 2 is 1.87 bits per heavy atom. The highest BCUT2D eigenvalue weighted by Gasteiger charge is 2.26. The molecule has 8 nitrogen and oxygen atoms in total. The van der Waals surface area contributed by atoms with Crippen molar-refractivity contribution in [1.82, 2.24) is 9.44 Å². The van der Waals surface area contributed by atoms with Gasteiger partial charge in [-0.25, -0.2) is 9.52 Å². The number of esters is 1. The molecule has 128 valence electrons. The number of rotatable bonds is 8. The van der Waals surface area contributed by atoms with E-state index >= 15 is 0 Å². The van der Waals surface area contributed by atoms with Crippen LogP contribution in [-0.2, 0) is 31.1 Å². The number of ether oxygens (including phenoxy) is 2. The molecule has 1 atom stereocenters. The lowest BCUT2D eigenvalue weighted by Crippen LogP contribution is -2.48. The minimum Gasteiger partial charge on any atom is -0.468 e. The lowest BCUT2D eigenvalue weighted by atomic mass is 10.2. The Kier molecular flexibility index (Phi) is 7.49. The summed E-state index contributed by atoms with van der Waals surface area (Å²) in [5.74, 6) is -0.727. The second-order valence-electron chi connectivity index (χ2n) is 4.65. The lowest BCUT2D eigenvalue weighted by molar-refractivity contribution is -0.142. The first kappa shape index (κ1) is 18.9. The van der Waals surface area contributed by atoms with Crippen molar-refractivity contribution in [2.24, 2.45) is 0 Å². The Balaban J connectivity index is 2.55. The van der Waals surface area contributed by atoms with E-state index in [2.05, 4.69) is 9.46 Å². The summed E-state index contributed by atoms with van der Waals surface area (Å²) in [4.78, 5) is 23.0. The van der Waals surface area contributed by atoms with Gasteiger partial charge in [-0.05, 0) is 12.0 Å². The summed E-state index contributed by atoms with van der Waals surface area (Å²) in [6, 6.07) is 7.73. The highest BCUT2D eigenvalue weighted by Crippen LogP contribution is 2.02. The van der Waals surface area contributed by atoms with E-state index in [1.165, 1.54) is 0 Å². The largest absolute Gasteiger partial charge is 0.468 e. The van der Waals surface area contributed by atoms with Gasteiger partial charge < -0.3 is 9.47 Å². The summed E-state index contributed by atoms with van der Waals surface area (Å²) < 4.78 is 36.7. The third-order valence-corrected chi connectivity index (χ3v) is 3.82. The number of benzene rings is 1. The predicted molar refractivity (Wildman–Crippen MR) is 82.5 cm³/mol. The van der Waals surface area contributed by atoms with Gasteiger partial charge in [0.2, 0.25) is 0 Å². The van der Waals surface area contributed by atoms with Gasteiger partial charge in [-0.15, -0.1) is 0 Å². The normalized spacial score (nSPS) is 12.3. The maximum Gasteiger partial charge on any atom is 0.422 e. The number of hydrogen-bond acceptors (Lipinski definition) is 6. The van der Waals surface area contributed by atoms with Crippen LogP contribution >= 0.6 is 0 Å². The van der Waals surface area contributed by atoms with Crippen LogP contribution in [0.1, 0.15) is 25.3 Å². The molecule has 0 aromatic heterocycles. The van der Waals surface area contributed by atoms with Crippen LogP contribution in [0.25, 0.3) is 0 Å². The summed E-state index contributed by atoms with van der Waals surface area (Å²) in [6.45, 7) is 1.71. The average Bonchev–Trinajstić information content (AvgIpc) is 2.52. The summed E-state index contributed by atoms with van der Waals surface area (Å²) >= 11 is 0. The van der Waals surface area contributed by atoms with Gasteiger partial charge in [0.15, 0.2) is 0 Å². The number of carbonyl (C=O) groups is 2. The van der Waals surface area contributed by atoms with Crippen LogP contribution in [0.4, 0.5) is 4.79 Å². The second kappa shape index (κ2) is 9.11. The molecule has 0 aliphatic carbocycles. The summed E-state index contributed by atoms with van der Waals surface area (Å²) in [7, 11) is -3.08. The molecule has 9 heteroatoms. The fraction of sp³-hybridized carbons (Fsp3) is 0.429. The summed E-state index contributed by atoms with van der Waals surface area (Å²) in [6.07, 6.45) is -0.339.